The Morgan fingerprint density at radius 3 is 2.90 bits per heavy atom. The Labute approximate surface area is 133 Å². The van der Waals surface area contributed by atoms with Crippen LogP contribution in [0.3, 0.4) is 0 Å². The van der Waals surface area contributed by atoms with Crippen LogP contribution in [0.15, 0.2) is 22.7 Å². The van der Waals surface area contributed by atoms with Crippen molar-refractivity contribution in [3.8, 4) is 17.6 Å². The molecular weight excluding hydrogens is 336 g/mol. The smallest absolute Gasteiger partial charge is 0.199 e. The molecule has 0 radical (unpaired) electrons. The van der Waals surface area contributed by atoms with E-state index in [1.807, 2.05) is 18.2 Å². The highest BCUT2D eigenvalue weighted by Gasteiger charge is 2.21. The molecule has 21 heavy (non-hydrogen) atoms. The van der Waals surface area contributed by atoms with Gasteiger partial charge in [-0.25, -0.2) is 0 Å². The lowest BCUT2D eigenvalue weighted by Crippen LogP contribution is -2.40. The average molecular weight is 355 g/mol. The van der Waals surface area contributed by atoms with Crippen molar-refractivity contribution in [1.82, 2.24) is 0 Å². The minimum absolute atomic E-state index is 0.103. The molecule has 0 amide bonds. The Hall–Kier alpha value is -1.29. The fourth-order valence-corrected chi connectivity index (χ4v) is 2.37. The highest BCUT2D eigenvalue weighted by Crippen LogP contribution is 2.35. The normalized spacial score (nSPS) is 21.1. The fourth-order valence-electron chi connectivity index (χ4n) is 1.90. The maximum atomic E-state index is 8.90. The van der Waals surface area contributed by atoms with E-state index in [9.17, 15) is 0 Å². The first-order valence-electron chi connectivity index (χ1n) is 6.91. The Kier molecular flexibility index (Phi) is 5.45. The van der Waals surface area contributed by atoms with Crippen LogP contribution in [-0.4, -0.2) is 25.0 Å². The first-order chi connectivity index (χ1) is 10.0. The quantitative estimate of drug-likeness (QED) is 0.879. The van der Waals surface area contributed by atoms with E-state index in [-0.39, 0.29) is 12.9 Å². The molecule has 1 aromatic carbocycles. The van der Waals surface area contributed by atoms with Gasteiger partial charge >= 0.3 is 0 Å². The van der Waals surface area contributed by atoms with Crippen molar-refractivity contribution in [3.05, 3.63) is 22.7 Å². The Balaban J connectivity index is 2.03. The molecule has 5 nitrogen and oxygen atoms in total. The predicted molar refractivity (Wildman–Crippen MR) is 82.1 cm³/mol. The molecule has 0 unspecified atom stereocenters. The molecule has 1 aliphatic heterocycles. The summed E-state index contributed by atoms with van der Waals surface area (Å²) in [6.45, 7) is 2.45. The summed E-state index contributed by atoms with van der Waals surface area (Å²) in [6, 6.07) is 7.48. The van der Waals surface area contributed by atoms with Crippen molar-refractivity contribution in [1.29, 1.82) is 5.26 Å². The van der Waals surface area contributed by atoms with Crippen molar-refractivity contribution in [3.63, 3.8) is 0 Å². The first-order valence-corrected chi connectivity index (χ1v) is 7.71. The first kappa shape index (κ1) is 16.1. The van der Waals surface area contributed by atoms with Gasteiger partial charge in [-0.05, 0) is 47.8 Å². The molecule has 2 N–H and O–H groups in total. The zero-order valence-corrected chi connectivity index (χ0v) is 13.6. The van der Waals surface area contributed by atoms with E-state index in [4.69, 9.17) is 25.2 Å². The van der Waals surface area contributed by atoms with Crippen molar-refractivity contribution in [2.45, 2.75) is 38.0 Å². The Bertz CT molecular complexity index is 522. The van der Waals surface area contributed by atoms with Crippen LogP contribution in [0.1, 0.15) is 26.2 Å². The molecule has 2 atom stereocenters. The second-order valence-corrected chi connectivity index (χ2v) is 6.09. The number of halogens is 1. The lowest BCUT2D eigenvalue weighted by Gasteiger charge is -2.24. The van der Waals surface area contributed by atoms with Crippen LogP contribution in [0.2, 0.25) is 0 Å². The van der Waals surface area contributed by atoms with Gasteiger partial charge in [0, 0.05) is 6.42 Å². The van der Waals surface area contributed by atoms with Crippen LogP contribution in [0, 0.1) is 11.3 Å². The van der Waals surface area contributed by atoms with E-state index < -0.39 is 5.54 Å². The zero-order valence-electron chi connectivity index (χ0n) is 12.0. The maximum Gasteiger partial charge on any atom is 0.199 e. The summed E-state index contributed by atoms with van der Waals surface area (Å²) in [7, 11) is 0. The van der Waals surface area contributed by atoms with E-state index in [0.29, 0.717) is 16.0 Å². The molecule has 1 aliphatic rings. The van der Waals surface area contributed by atoms with E-state index in [2.05, 4.69) is 15.9 Å². The average Bonchev–Trinajstić information content (AvgIpc) is 2.49. The van der Waals surface area contributed by atoms with Gasteiger partial charge < -0.3 is 19.9 Å². The lowest BCUT2D eigenvalue weighted by molar-refractivity contribution is -0.106. The fraction of sp³-hybridized carbons (Fsp3) is 0.533. The van der Waals surface area contributed by atoms with Gasteiger partial charge in [-0.3, -0.25) is 0 Å². The van der Waals surface area contributed by atoms with Crippen LogP contribution >= 0.6 is 15.9 Å². The van der Waals surface area contributed by atoms with Gasteiger partial charge in [0.2, 0.25) is 0 Å². The number of nitrogens with zero attached hydrogens (tertiary/aromatic N) is 1. The van der Waals surface area contributed by atoms with E-state index in [0.717, 1.165) is 25.9 Å². The third-order valence-corrected chi connectivity index (χ3v) is 3.89. The summed E-state index contributed by atoms with van der Waals surface area (Å²) >= 11 is 3.47. The summed E-state index contributed by atoms with van der Waals surface area (Å²) < 4.78 is 17.7. The van der Waals surface area contributed by atoms with Crippen molar-refractivity contribution in [2.24, 2.45) is 5.73 Å². The van der Waals surface area contributed by atoms with Gasteiger partial charge in [0.15, 0.2) is 6.29 Å². The van der Waals surface area contributed by atoms with Crippen LogP contribution in [0.25, 0.3) is 0 Å². The molecule has 1 aromatic rings. The van der Waals surface area contributed by atoms with Gasteiger partial charge in [0.1, 0.15) is 28.1 Å². The molecule has 6 heteroatoms. The lowest BCUT2D eigenvalue weighted by atomic mass is 10.1. The summed E-state index contributed by atoms with van der Waals surface area (Å²) in [4.78, 5) is 0. The van der Waals surface area contributed by atoms with E-state index in [1.165, 1.54) is 0 Å². The topological polar surface area (TPSA) is 77.5 Å². The standard InChI is InChI=1S/C15H19BrN2O3/c1-15(18,9-17)10-20-11-5-4-6-12(14(11)16)21-13-7-2-3-8-19-13/h4-6,13H,2-3,7-8,10,18H2,1H3/t13-,15-/m0/s1. The van der Waals surface area contributed by atoms with Crippen molar-refractivity contribution in [2.75, 3.05) is 13.2 Å². The third kappa shape index (κ3) is 4.60. The SMILES string of the molecule is C[C@](N)(C#N)COc1cccc(O[C@H]2CCCCO2)c1Br. The summed E-state index contributed by atoms with van der Waals surface area (Å²) in [5, 5.41) is 8.90. The minimum Gasteiger partial charge on any atom is -0.489 e. The number of nitriles is 1. The van der Waals surface area contributed by atoms with Crippen LogP contribution in [0.4, 0.5) is 0 Å². The Morgan fingerprint density at radius 1 is 1.48 bits per heavy atom. The minimum atomic E-state index is -1.03. The highest BCUT2D eigenvalue weighted by molar-refractivity contribution is 9.10. The molecule has 114 valence electrons. The molecule has 2 rings (SSSR count). The summed E-state index contributed by atoms with van der Waals surface area (Å²) in [5.74, 6) is 1.25. The molecule has 0 aromatic heterocycles. The molecular formula is C15H19BrN2O3. The monoisotopic (exact) mass is 354 g/mol. The largest absolute Gasteiger partial charge is 0.489 e. The molecule has 0 saturated carbocycles. The number of nitrogens with two attached hydrogens (primary N) is 1. The maximum absolute atomic E-state index is 8.90. The number of benzene rings is 1. The molecule has 0 bridgehead atoms. The van der Waals surface area contributed by atoms with Gasteiger partial charge in [-0.1, -0.05) is 6.07 Å². The summed E-state index contributed by atoms with van der Waals surface area (Å²) in [5.41, 5.74) is 4.72. The van der Waals surface area contributed by atoms with Crippen LogP contribution in [-0.2, 0) is 4.74 Å². The van der Waals surface area contributed by atoms with Crippen molar-refractivity contribution < 1.29 is 14.2 Å². The highest BCUT2D eigenvalue weighted by atomic mass is 79.9. The number of hydrogen-bond donors (Lipinski definition) is 1. The number of ether oxygens (including phenoxy) is 3. The predicted octanol–water partition coefficient (Wildman–Crippen LogP) is 2.97. The number of hydrogen-bond acceptors (Lipinski definition) is 5. The zero-order chi connectivity index (χ0) is 15.3. The van der Waals surface area contributed by atoms with Gasteiger partial charge in [0.05, 0.1) is 12.7 Å². The Morgan fingerprint density at radius 2 is 2.24 bits per heavy atom. The molecule has 1 saturated heterocycles. The molecule has 1 heterocycles. The van der Waals surface area contributed by atoms with Crippen molar-refractivity contribution >= 4 is 15.9 Å². The number of rotatable bonds is 5. The molecule has 1 fully saturated rings. The summed E-state index contributed by atoms with van der Waals surface area (Å²) in [6.07, 6.45) is 2.84. The van der Waals surface area contributed by atoms with Crippen LogP contribution in [0.5, 0.6) is 11.5 Å². The van der Waals surface area contributed by atoms with E-state index in [1.54, 1.807) is 13.0 Å². The van der Waals surface area contributed by atoms with Gasteiger partial charge in [-0.2, -0.15) is 5.26 Å². The van der Waals surface area contributed by atoms with Gasteiger partial charge in [-0.15, -0.1) is 0 Å². The van der Waals surface area contributed by atoms with E-state index >= 15 is 0 Å². The second-order valence-electron chi connectivity index (χ2n) is 5.30. The van der Waals surface area contributed by atoms with Gasteiger partial charge in [0.25, 0.3) is 0 Å². The third-order valence-electron chi connectivity index (χ3n) is 3.11. The molecule has 0 aliphatic carbocycles. The van der Waals surface area contributed by atoms with Crippen LogP contribution < -0.4 is 15.2 Å². The second kappa shape index (κ2) is 7.12. The molecule has 0 spiro atoms.